The Labute approximate surface area is 101 Å². The van der Waals surface area contributed by atoms with Crippen LogP contribution in [-0.4, -0.2) is 11.5 Å². The van der Waals surface area contributed by atoms with Crippen LogP contribution >= 0.6 is 0 Å². The number of hydrogen-bond acceptors (Lipinski definition) is 3. The van der Waals surface area contributed by atoms with Gasteiger partial charge in [-0.05, 0) is 43.2 Å². The van der Waals surface area contributed by atoms with Gasteiger partial charge in [0.15, 0.2) is 0 Å². The van der Waals surface area contributed by atoms with Crippen LogP contribution in [0.3, 0.4) is 0 Å². The number of aryl methyl sites for hydroxylation is 1. The number of nitro benzene ring substituents is 1. The normalized spacial score (nSPS) is 16.6. The van der Waals surface area contributed by atoms with Gasteiger partial charge in [-0.25, -0.2) is 0 Å². The fourth-order valence-corrected chi connectivity index (χ4v) is 2.05. The van der Waals surface area contributed by atoms with Crippen LogP contribution in [0.5, 0.6) is 0 Å². The van der Waals surface area contributed by atoms with Gasteiger partial charge in [0.2, 0.25) is 0 Å². The summed E-state index contributed by atoms with van der Waals surface area (Å²) >= 11 is 0. The molecule has 1 saturated carbocycles. The number of hydrogen-bond donors (Lipinski definition) is 1. The first-order valence-electron chi connectivity index (χ1n) is 6.07. The second-order valence-corrected chi connectivity index (χ2v) is 4.97. The van der Waals surface area contributed by atoms with Crippen LogP contribution in [0.2, 0.25) is 0 Å². The van der Waals surface area contributed by atoms with Crippen molar-refractivity contribution in [2.75, 3.05) is 11.9 Å². The van der Waals surface area contributed by atoms with Crippen molar-refractivity contribution in [3.05, 3.63) is 33.9 Å². The van der Waals surface area contributed by atoms with Gasteiger partial charge in [-0.15, -0.1) is 0 Å². The molecule has 1 aliphatic carbocycles. The van der Waals surface area contributed by atoms with E-state index in [4.69, 9.17) is 0 Å². The molecule has 2 rings (SSSR count). The summed E-state index contributed by atoms with van der Waals surface area (Å²) in [5.41, 5.74) is 1.72. The van der Waals surface area contributed by atoms with E-state index in [0.717, 1.165) is 18.0 Å². The first-order chi connectivity index (χ1) is 8.08. The van der Waals surface area contributed by atoms with E-state index in [9.17, 15) is 10.1 Å². The maximum absolute atomic E-state index is 10.9. The smallest absolute Gasteiger partial charge is 0.292 e. The molecule has 4 nitrogen and oxygen atoms in total. The van der Waals surface area contributed by atoms with Crippen molar-refractivity contribution in [3.8, 4) is 0 Å². The van der Waals surface area contributed by atoms with Crippen molar-refractivity contribution < 1.29 is 4.92 Å². The zero-order valence-electron chi connectivity index (χ0n) is 10.3. The molecule has 0 aromatic heterocycles. The fourth-order valence-electron chi connectivity index (χ4n) is 2.05. The maximum Gasteiger partial charge on any atom is 0.292 e. The summed E-state index contributed by atoms with van der Waals surface area (Å²) in [7, 11) is 0. The summed E-state index contributed by atoms with van der Waals surface area (Å²) in [5, 5.41) is 14.1. The molecule has 0 bridgehead atoms. The third kappa shape index (κ3) is 2.96. The lowest BCUT2D eigenvalue weighted by Gasteiger charge is -2.12. The van der Waals surface area contributed by atoms with Crippen molar-refractivity contribution in [2.45, 2.75) is 26.7 Å². The summed E-state index contributed by atoms with van der Waals surface area (Å²) in [4.78, 5) is 10.6. The summed E-state index contributed by atoms with van der Waals surface area (Å²) < 4.78 is 0. The fraction of sp³-hybridized carbons (Fsp3) is 0.538. The highest BCUT2D eigenvalue weighted by Gasteiger charge is 2.27. The molecule has 17 heavy (non-hydrogen) atoms. The zero-order chi connectivity index (χ0) is 12.4. The van der Waals surface area contributed by atoms with Gasteiger partial charge < -0.3 is 5.32 Å². The zero-order valence-corrected chi connectivity index (χ0v) is 10.3. The molecule has 0 spiro atoms. The SMILES string of the molecule is Cc1ccc(NCC(C)C2CC2)c([N+](=O)[O-])c1. The Kier molecular flexibility index (Phi) is 3.31. The van der Waals surface area contributed by atoms with Crippen molar-refractivity contribution in [1.82, 2.24) is 0 Å². The molecular weight excluding hydrogens is 216 g/mol. The van der Waals surface area contributed by atoms with Crippen LogP contribution in [0.4, 0.5) is 11.4 Å². The third-order valence-corrected chi connectivity index (χ3v) is 3.39. The second kappa shape index (κ2) is 4.73. The number of nitrogens with zero attached hydrogens (tertiary/aromatic N) is 1. The number of nitrogens with one attached hydrogen (secondary N) is 1. The van der Waals surface area contributed by atoms with Gasteiger partial charge in [-0.1, -0.05) is 13.0 Å². The third-order valence-electron chi connectivity index (χ3n) is 3.39. The van der Waals surface area contributed by atoms with E-state index in [1.54, 1.807) is 12.1 Å². The minimum atomic E-state index is -0.322. The molecular formula is C13H18N2O2. The molecule has 1 fully saturated rings. The van der Waals surface area contributed by atoms with Gasteiger partial charge in [0.05, 0.1) is 4.92 Å². The Bertz CT molecular complexity index is 427. The molecule has 1 atom stereocenters. The van der Waals surface area contributed by atoms with Gasteiger partial charge in [-0.3, -0.25) is 10.1 Å². The molecule has 1 N–H and O–H groups in total. The van der Waals surface area contributed by atoms with Crippen LogP contribution in [0, 0.1) is 28.9 Å². The molecule has 1 unspecified atom stereocenters. The molecule has 0 radical (unpaired) electrons. The molecule has 0 aliphatic heterocycles. The van der Waals surface area contributed by atoms with Gasteiger partial charge >= 0.3 is 0 Å². The standard InChI is InChI=1S/C13H18N2O2/c1-9-3-6-12(13(7-9)15(16)17)14-8-10(2)11-4-5-11/h3,6-7,10-11,14H,4-5,8H2,1-2H3. The van der Waals surface area contributed by atoms with Crippen LogP contribution in [0.15, 0.2) is 18.2 Å². The maximum atomic E-state index is 10.9. The van der Waals surface area contributed by atoms with Crippen LogP contribution < -0.4 is 5.32 Å². The number of anilines is 1. The Morgan fingerprint density at radius 1 is 1.53 bits per heavy atom. The van der Waals surface area contributed by atoms with Crippen LogP contribution in [0.1, 0.15) is 25.3 Å². The Hall–Kier alpha value is -1.58. The van der Waals surface area contributed by atoms with Crippen molar-refractivity contribution in [1.29, 1.82) is 0 Å². The van der Waals surface area contributed by atoms with Gasteiger partial charge in [0.1, 0.15) is 5.69 Å². The predicted molar refractivity (Wildman–Crippen MR) is 68.2 cm³/mol. The van der Waals surface area contributed by atoms with E-state index in [2.05, 4.69) is 12.2 Å². The average molecular weight is 234 g/mol. The topological polar surface area (TPSA) is 55.2 Å². The summed E-state index contributed by atoms with van der Waals surface area (Å²) in [6.07, 6.45) is 2.61. The number of rotatable bonds is 5. The second-order valence-electron chi connectivity index (χ2n) is 4.97. The molecule has 1 aromatic rings. The lowest BCUT2D eigenvalue weighted by Crippen LogP contribution is -2.13. The molecule has 92 valence electrons. The molecule has 4 heteroatoms. The first kappa shape index (κ1) is 11.9. The van der Waals surface area contributed by atoms with E-state index < -0.39 is 0 Å². The van der Waals surface area contributed by atoms with Crippen molar-refractivity contribution >= 4 is 11.4 Å². The molecule has 1 aromatic carbocycles. The lowest BCUT2D eigenvalue weighted by atomic mass is 10.1. The first-order valence-corrected chi connectivity index (χ1v) is 6.07. The average Bonchev–Trinajstić information content (AvgIpc) is 3.10. The minimum Gasteiger partial charge on any atom is -0.379 e. The highest BCUT2D eigenvalue weighted by molar-refractivity contribution is 5.62. The Balaban J connectivity index is 2.06. The van der Waals surface area contributed by atoms with Gasteiger partial charge in [0.25, 0.3) is 5.69 Å². The summed E-state index contributed by atoms with van der Waals surface area (Å²) in [5.74, 6) is 1.41. The van der Waals surface area contributed by atoms with E-state index in [0.29, 0.717) is 11.6 Å². The van der Waals surface area contributed by atoms with Gasteiger partial charge in [0, 0.05) is 12.6 Å². The largest absolute Gasteiger partial charge is 0.379 e. The van der Waals surface area contributed by atoms with Crippen molar-refractivity contribution in [2.24, 2.45) is 11.8 Å². The summed E-state index contributed by atoms with van der Waals surface area (Å²) in [6.45, 7) is 4.88. The van der Waals surface area contributed by atoms with Crippen LogP contribution in [-0.2, 0) is 0 Å². The van der Waals surface area contributed by atoms with Crippen LogP contribution in [0.25, 0.3) is 0 Å². The molecule has 1 aliphatic rings. The number of nitro groups is 1. The number of benzene rings is 1. The molecule has 0 amide bonds. The highest BCUT2D eigenvalue weighted by atomic mass is 16.6. The van der Waals surface area contributed by atoms with Gasteiger partial charge in [-0.2, -0.15) is 0 Å². The van der Waals surface area contributed by atoms with Crippen molar-refractivity contribution in [3.63, 3.8) is 0 Å². The highest BCUT2D eigenvalue weighted by Crippen LogP contribution is 2.37. The molecule has 0 saturated heterocycles. The van der Waals surface area contributed by atoms with E-state index in [1.165, 1.54) is 12.8 Å². The van der Waals surface area contributed by atoms with E-state index in [-0.39, 0.29) is 10.6 Å². The predicted octanol–water partition coefficient (Wildman–Crippen LogP) is 3.36. The van der Waals surface area contributed by atoms with E-state index >= 15 is 0 Å². The summed E-state index contributed by atoms with van der Waals surface area (Å²) in [6, 6.07) is 5.31. The Morgan fingerprint density at radius 2 is 2.24 bits per heavy atom. The quantitative estimate of drug-likeness (QED) is 0.627. The minimum absolute atomic E-state index is 0.174. The van der Waals surface area contributed by atoms with E-state index in [1.807, 2.05) is 13.0 Å². The monoisotopic (exact) mass is 234 g/mol. The molecule has 0 heterocycles. The lowest BCUT2D eigenvalue weighted by molar-refractivity contribution is -0.384. The Morgan fingerprint density at radius 3 is 2.82 bits per heavy atom.